The Hall–Kier alpha value is -0.390. The van der Waals surface area contributed by atoms with Crippen LogP contribution in [0.4, 0.5) is 0 Å². The van der Waals surface area contributed by atoms with Crippen molar-refractivity contribution in [2.75, 3.05) is 12.8 Å². The van der Waals surface area contributed by atoms with Crippen LogP contribution in [0.5, 0.6) is 0 Å². The van der Waals surface area contributed by atoms with Gasteiger partial charge in [-0.2, -0.15) is 0 Å². The third-order valence-electron chi connectivity index (χ3n) is 4.50. The van der Waals surface area contributed by atoms with Crippen molar-refractivity contribution in [1.82, 2.24) is 5.32 Å². The summed E-state index contributed by atoms with van der Waals surface area (Å²) in [5, 5.41) is 5.64. The number of hydrogen-bond donors (Lipinski definition) is 1. The van der Waals surface area contributed by atoms with Gasteiger partial charge >= 0.3 is 0 Å². The molecule has 1 aromatic rings. The second kappa shape index (κ2) is 7.75. The molecule has 1 N–H and O–H groups in total. The van der Waals surface area contributed by atoms with Crippen LogP contribution < -0.4 is 5.32 Å². The van der Waals surface area contributed by atoms with Crippen LogP contribution in [0, 0.1) is 5.92 Å². The van der Waals surface area contributed by atoms with Gasteiger partial charge in [-0.05, 0) is 56.0 Å². The van der Waals surface area contributed by atoms with Crippen molar-refractivity contribution < 1.29 is 8.42 Å². The van der Waals surface area contributed by atoms with Gasteiger partial charge in [0.2, 0.25) is 0 Å². The second-order valence-electron chi connectivity index (χ2n) is 6.22. The zero-order valence-electron chi connectivity index (χ0n) is 13.0. The Labute approximate surface area is 133 Å². The standard InChI is InChI=1S/C16H27NO2S2/c1-3-9-17-16(12-14-7-5-10-20-14)13-6-4-8-15(11-13)21(2,18)19/h5,7,10,13,15-17H,3-4,6,8-9,11-12H2,1-2H3. The molecule has 120 valence electrons. The molecule has 0 amide bonds. The average Bonchev–Trinajstić information content (AvgIpc) is 2.95. The highest BCUT2D eigenvalue weighted by atomic mass is 32.2. The van der Waals surface area contributed by atoms with Crippen LogP contribution in [0.2, 0.25) is 0 Å². The molecule has 1 aromatic heterocycles. The van der Waals surface area contributed by atoms with Gasteiger partial charge < -0.3 is 5.32 Å². The predicted molar refractivity (Wildman–Crippen MR) is 90.7 cm³/mol. The molecule has 1 aliphatic rings. The fraction of sp³-hybridized carbons (Fsp3) is 0.750. The van der Waals surface area contributed by atoms with E-state index in [2.05, 4.69) is 29.8 Å². The van der Waals surface area contributed by atoms with Gasteiger partial charge in [-0.25, -0.2) is 8.42 Å². The van der Waals surface area contributed by atoms with E-state index in [4.69, 9.17) is 0 Å². The maximum atomic E-state index is 11.9. The van der Waals surface area contributed by atoms with Crippen LogP contribution in [0.25, 0.3) is 0 Å². The third-order valence-corrected chi connectivity index (χ3v) is 7.04. The van der Waals surface area contributed by atoms with Gasteiger partial charge in [0.05, 0.1) is 5.25 Å². The number of hydrogen-bond acceptors (Lipinski definition) is 4. The maximum absolute atomic E-state index is 11.9. The van der Waals surface area contributed by atoms with E-state index in [0.717, 1.165) is 45.1 Å². The molecule has 1 heterocycles. The molecular weight excluding hydrogens is 302 g/mol. The fourth-order valence-corrected chi connectivity index (χ4v) is 5.27. The van der Waals surface area contributed by atoms with Crippen LogP contribution in [-0.4, -0.2) is 32.5 Å². The van der Waals surface area contributed by atoms with E-state index < -0.39 is 9.84 Å². The molecule has 1 aliphatic carbocycles. The average molecular weight is 330 g/mol. The number of rotatable bonds is 7. The van der Waals surface area contributed by atoms with Crippen molar-refractivity contribution in [2.45, 2.75) is 56.7 Å². The minimum absolute atomic E-state index is 0.134. The van der Waals surface area contributed by atoms with Gasteiger partial charge in [0.25, 0.3) is 0 Å². The number of sulfone groups is 1. The molecule has 0 radical (unpaired) electrons. The van der Waals surface area contributed by atoms with Crippen LogP contribution in [0.3, 0.4) is 0 Å². The van der Waals surface area contributed by atoms with Gasteiger partial charge in [-0.3, -0.25) is 0 Å². The molecule has 2 rings (SSSR count). The van der Waals surface area contributed by atoms with Crippen LogP contribution in [0.15, 0.2) is 17.5 Å². The van der Waals surface area contributed by atoms with Gasteiger partial charge in [0, 0.05) is 17.2 Å². The molecule has 21 heavy (non-hydrogen) atoms. The van der Waals surface area contributed by atoms with Crippen molar-refractivity contribution in [3.05, 3.63) is 22.4 Å². The Morgan fingerprint density at radius 2 is 2.24 bits per heavy atom. The van der Waals surface area contributed by atoms with E-state index in [1.165, 1.54) is 11.1 Å². The van der Waals surface area contributed by atoms with Crippen LogP contribution >= 0.6 is 11.3 Å². The molecule has 1 saturated carbocycles. The maximum Gasteiger partial charge on any atom is 0.150 e. The summed E-state index contributed by atoms with van der Waals surface area (Å²) in [4.78, 5) is 1.39. The molecular formula is C16H27NO2S2. The molecule has 0 spiro atoms. The minimum atomic E-state index is -2.90. The van der Waals surface area contributed by atoms with Crippen molar-refractivity contribution in [2.24, 2.45) is 5.92 Å². The van der Waals surface area contributed by atoms with Gasteiger partial charge in [-0.15, -0.1) is 11.3 Å². The fourth-order valence-electron chi connectivity index (χ4n) is 3.32. The van der Waals surface area contributed by atoms with Crippen molar-refractivity contribution >= 4 is 21.2 Å². The monoisotopic (exact) mass is 329 g/mol. The van der Waals surface area contributed by atoms with Crippen molar-refractivity contribution in [1.29, 1.82) is 0 Å². The summed E-state index contributed by atoms with van der Waals surface area (Å²) >= 11 is 1.80. The van der Waals surface area contributed by atoms with E-state index in [1.54, 1.807) is 11.3 Å². The zero-order valence-corrected chi connectivity index (χ0v) is 14.7. The Morgan fingerprint density at radius 3 is 2.86 bits per heavy atom. The lowest BCUT2D eigenvalue weighted by Crippen LogP contribution is -2.42. The van der Waals surface area contributed by atoms with Crippen LogP contribution in [0.1, 0.15) is 43.9 Å². The quantitative estimate of drug-likeness (QED) is 0.835. The first-order valence-electron chi connectivity index (χ1n) is 7.95. The Bertz CT molecular complexity index is 510. The summed E-state index contributed by atoms with van der Waals surface area (Å²) in [6, 6.07) is 4.69. The van der Waals surface area contributed by atoms with Crippen LogP contribution in [-0.2, 0) is 16.3 Å². The second-order valence-corrected chi connectivity index (χ2v) is 9.58. The largest absolute Gasteiger partial charge is 0.313 e. The minimum Gasteiger partial charge on any atom is -0.313 e. The van der Waals surface area contributed by atoms with Crippen molar-refractivity contribution in [3.8, 4) is 0 Å². The summed E-state index contributed by atoms with van der Waals surface area (Å²) in [6.45, 7) is 3.19. The highest BCUT2D eigenvalue weighted by Gasteiger charge is 2.32. The lowest BCUT2D eigenvalue weighted by atomic mass is 9.82. The molecule has 3 unspecified atom stereocenters. The highest BCUT2D eigenvalue weighted by molar-refractivity contribution is 7.91. The first-order valence-corrected chi connectivity index (χ1v) is 10.8. The molecule has 0 bridgehead atoms. The summed E-state index contributed by atoms with van der Waals surface area (Å²) in [6.07, 6.45) is 7.39. The van der Waals surface area contributed by atoms with E-state index in [9.17, 15) is 8.42 Å². The van der Waals surface area contributed by atoms with E-state index in [1.807, 2.05) is 0 Å². The Balaban J connectivity index is 2.04. The Morgan fingerprint density at radius 1 is 1.43 bits per heavy atom. The molecule has 3 atom stereocenters. The molecule has 0 saturated heterocycles. The summed E-state index contributed by atoms with van der Waals surface area (Å²) < 4.78 is 23.7. The van der Waals surface area contributed by atoms with Gasteiger partial charge in [-0.1, -0.05) is 19.4 Å². The molecule has 5 heteroatoms. The normalized spacial score (nSPS) is 24.9. The molecule has 1 fully saturated rings. The topological polar surface area (TPSA) is 46.2 Å². The van der Waals surface area contributed by atoms with Crippen molar-refractivity contribution in [3.63, 3.8) is 0 Å². The zero-order chi connectivity index (χ0) is 15.3. The summed E-state index contributed by atoms with van der Waals surface area (Å²) in [7, 11) is -2.90. The third kappa shape index (κ3) is 5.08. The first-order chi connectivity index (χ1) is 10.0. The first kappa shape index (κ1) is 17.0. The summed E-state index contributed by atoms with van der Waals surface area (Å²) in [5.74, 6) is 0.479. The molecule has 0 aliphatic heterocycles. The van der Waals surface area contributed by atoms with Gasteiger partial charge in [0.1, 0.15) is 9.84 Å². The molecule has 0 aromatic carbocycles. The lowest BCUT2D eigenvalue weighted by Gasteiger charge is -2.34. The highest BCUT2D eigenvalue weighted by Crippen LogP contribution is 2.32. The number of nitrogens with one attached hydrogen (secondary N) is 1. The van der Waals surface area contributed by atoms with Gasteiger partial charge in [0.15, 0.2) is 0 Å². The Kier molecular flexibility index (Phi) is 6.26. The predicted octanol–water partition coefficient (Wildman–Crippen LogP) is 3.26. The van der Waals surface area contributed by atoms with E-state index in [-0.39, 0.29) is 5.25 Å². The van der Waals surface area contributed by atoms with E-state index in [0.29, 0.717) is 12.0 Å². The van der Waals surface area contributed by atoms with E-state index >= 15 is 0 Å². The SMILES string of the molecule is CCCNC(Cc1cccs1)C1CCCC(S(C)(=O)=O)C1. The summed E-state index contributed by atoms with van der Waals surface area (Å²) in [5.41, 5.74) is 0. The lowest BCUT2D eigenvalue weighted by molar-refractivity contribution is 0.269. The number of thiophene rings is 1. The smallest absolute Gasteiger partial charge is 0.150 e. The molecule has 3 nitrogen and oxygen atoms in total.